The number of rotatable bonds is 4. The maximum atomic E-state index is 13.4. The Kier molecular flexibility index (Phi) is 3.98. The van der Waals surface area contributed by atoms with E-state index in [0.29, 0.717) is 0 Å². The highest BCUT2D eigenvalue weighted by atomic mass is 32.2. The van der Waals surface area contributed by atoms with Gasteiger partial charge in [0.1, 0.15) is 9.84 Å². The molecule has 0 aliphatic heterocycles. The van der Waals surface area contributed by atoms with E-state index in [-0.39, 0.29) is 11.3 Å². The van der Waals surface area contributed by atoms with Gasteiger partial charge < -0.3 is 5.32 Å². The Morgan fingerprint density at radius 3 is 2.50 bits per heavy atom. The Morgan fingerprint density at radius 2 is 2.00 bits per heavy atom. The van der Waals surface area contributed by atoms with Crippen LogP contribution in [0.5, 0.6) is 0 Å². The zero-order chi connectivity index (χ0) is 12.3. The summed E-state index contributed by atoms with van der Waals surface area (Å²) in [4.78, 5) is 0. The molecule has 1 N–H and O–H groups in total. The number of benzene rings is 1. The molecule has 0 spiro atoms. The molecule has 3 nitrogen and oxygen atoms in total. The van der Waals surface area contributed by atoms with Crippen LogP contribution in [-0.4, -0.2) is 27.5 Å². The molecule has 0 bridgehead atoms. The summed E-state index contributed by atoms with van der Waals surface area (Å²) in [6, 6.07) is 2.96. The number of halogens is 2. The fraction of sp³-hybridized carbons (Fsp3) is 0.400. The monoisotopic (exact) mass is 249 g/mol. The van der Waals surface area contributed by atoms with Gasteiger partial charge in [0.15, 0.2) is 11.6 Å². The number of hydrogen-bond acceptors (Lipinski definition) is 3. The van der Waals surface area contributed by atoms with Crippen LogP contribution in [0.2, 0.25) is 0 Å². The van der Waals surface area contributed by atoms with E-state index in [1.54, 1.807) is 0 Å². The van der Waals surface area contributed by atoms with Crippen LogP contribution in [0.1, 0.15) is 11.6 Å². The second kappa shape index (κ2) is 4.88. The maximum Gasteiger partial charge on any atom is 0.163 e. The van der Waals surface area contributed by atoms with Crippen molar-refractivity contribution in [1.29, 1.82) is 0 Å². The SMILES string of the molecule is CNC(CS(C)(=O)=O)c1cccc(F)c1F. The molecule has 0 saturated carbocycles. The van der Waals surface area contributed by atoms with Crippen LogP contribution < -0.4 is 5.32 Å². The zero-order valence-electron chi connectivity index (χ0n) is 9.00. The fourth-order valence-electron chi connectivity index (χ4n) is 1.42. The van der Waals surface area contributed by atoms with Crippen molar-refractivity contribution in [3.63, 3.8) is 0 Å². The molecule has 90 valence electrons. The van der Waals surface area contributed by atoms with Crippen LogP contribution in [0.15, 0.2) is 18.2 Å². The van der Waals surface area contributed by atoms with Gasteiger partial charge in [0, 0.05) is 17.9 Å². The molecule has 1 aromatic rings. The smallest absolute Gasteiger partial charge is 0.163 e. The van der Waals surface area contributed by atoms with Crippen molar-refractivity contribution < 1.29 is 17.2 Å². The van der Waals surface area contributed by atoms with Crippen molar-refractivity contribution in [3.8, 4) is 0 Å². The summed E-state index contributed by atoms with van der Waals surface area (Å²) in [6.45, 7) is 0. The molecular weight excluding hydrogens is 236 g/mol. The van der Waals surface area contributed by atoms with E-state index in [1.165, 1.54) is 19.2 Å². The van der Waals surface area contributed by atoms with Gasteiger partial charge in [-0.15, -0.1) is 0 Å². The third-order valence-corrected chi connectivity index (χ3v) is 3.11. The molecule has 1 atom stereocenters. The summed E-state index contributed by atoms with van der Waals surface area (Å²) < 4.78 is 48.6. The number of hydrogen-bond donors (Lipinski definition) is 1. The molecule has 0 fully saturated rings. The lowest BCUT2D eigenvalue weighted by molar-refractivity contribution is 0.481. The van der Waals surface area contributed by atoms with E-state index in [9.17, 15) is 17.2 Å². The highest BCUT2D eigenvalue weighted by Crippen LogP contribution is 2.20. The first kappa shape index (κ1) is 13.1. The highest BCUT2D eigenvalue weighted by Gasteiger charge is 2.20. The molecule has 1 rings (SSSR count). The quantitative estimate of drug-likeness (QED) is 0.874. The first-order chi connectivity index (χ1) is 7.35. The van der Waals surface area contributed by atoms with E-state index < -0.39 is 27.5 Å². The Bertz CT molecular complexity index is 474. The predicted octanol–water partition coefficient (Wildman–Crippen LogP) is 1.27. The summed E-state index contributed by atoms with van der Waals surface area (Å²) in [6.07, 6.45) is 1.05. The highest BCUT2D eigenvalue weighted by molar-refractivity contribution is 7.90. The average molecular weight is 249 g/mol. The van der Waals surface area contributed by atoms with Gasteiger partial charge in [0.2, 0.25) is 0 Å². The summed E-state index contributed by atoms with van der Waals surface area (Å²) in [5.74, 6) is -2.26. The Morgan fingerprint density at radius 1 is 1.38 bits per heavy atom. The maximum absolute atomic E-state index is 13.4. The molecule has 1 unspecified atom stereocenters. The molecule has 0 heterocycles. The second-order valence-electron chi connectivity index (χ2n) is 3.58. The molecule has 0 radical (unpaired) electrons. The van der Waals surface area contributed by atoms with E-state index in [0.717, 1.165) is 12.3 Å². The van der Waals surface area contributed by atoms with Gasteiger partial charge in [-0.2, -0.15) is 0 Å². The number of nitrogens with one attached hydrogen (secondary N) is 1. The second-order valence-corrected chi connectivity index (χ2v) is 5.76. The molecule has 0 aliphatic rings. The van der Waals surface area contributed by atoms with Gasteiger partial charge in [-0.3, -0.25) is 0 Å². The van der Waals surface area contributed by atoms with Crippen LogP contribution in [0.25, 0.3) is 0 Å². The topological polar surface area (TPSA) is 46.2 Å². The van der Waals surface area contributed by atoms with Gasteiger partial charge in [-0.25, -0.2) is 17.2 Å². The van der Waals surface area contributed by atoms with E-state index in [4.69, 9.17) is 0 Å². The minimum Gasteiger partial charge on any atom is -0.312 e. The third-order valence-electron chi connectivity index (χ3n) is 2.17. The Labute approximate surface area is 93.4 Å². The van der Waals surface area contributed by atoms with Crippen molar-refractivity contribution >= 4 is 9.84 Å². The van der Waals surface area contributed by atoms with Crippen LogP contribution in [0.4, 0.5) is 8.78 Å². The molecule has 0 aromatic heterocycles. The minimum atomic E-state index is -3.26. The first-order valence-corrected chi connectivity index (χ1v) is 6.70. The van der Waals surface area contributed by atoms with Crippen molar-refractivity contribution in [2.24, 2.45) is 0 Å². The van der Waals surface area contributed by atoms with Crippen LogP contribution in [-0.2, 0) is 9.84 Å². The van der Waals surface area contributed by atoms with Crippen LogP contribution >= 0.6 is 0 Å². The molecule has 1 aromatic carbocycles. The Balaban J connectivity index is 3.09. The number of sulfone groups is 1. The van der Waals surface area contributed by atoms with Crippen molar-refractivity contribution in [1.82, 2.24) is 5.32 Å². The van der Waals surface area contributed by atoms with E-state index in [2.05, 4.69) is 5.32 Å². The molecule has 16 heavy (non-hydrogen) atoms. The van der Waals surface area contributed by atoms with Gasteiger partial charge in [-0.1, -0.05) is 12.1 Å². The summed E-state index contributed by atoms with van der Waals surface area (Å²) >= 11 is 0. The van der Waals surface area contributed by atoms with E-state index >= 15 is 0 Å². The molecule has 0 saturated heterocycles. The summed E-state index contributed by atoms with van der Waals surface area (Å²) in [5, 5.41) is 2.66. The van der Waals surface area contributed by atoms with Crippen LogP contribution in [0.3, 0.4) is 0 Å². The lowest BCUT2D eigenvalue weighted by atomic mass is 10.1. The van der Waals surface area contributed by atoms with Gasteiger partial charge in [0.05, 0.1) is 5.75 Å². The molecule has 6 heteroatoms. The van der Waals surface area contributed by atoms with Crippen molar-refractivity contribution in [3.05, 3.63) is 35.4 Å². The van der Waals surface area contributed by atoms with Crippen molar-refractivity contribution in [2.75, 3.05) is 19.1 Å². The minimum absolute atomic E-state index is 0.0212. The summed E-state index contributed by atoms with van der Waals surface area (Å²) in [5.41, 5.74) is 0.0212. The fourth-order valence-corrected chi connectivity index (χ4v) is 2.37. The summed E-state index contributed by atoms with van der Waals surface area (Å²) in [7, 11) is -1.76. The van der Waals surface area contributed by atoms with Crippen LogP contribution in [0, 0.1) is 11.6 Å². The van der Waals surface area contributed by atoms with E-state index in [1.807, 2.05) is 0 Å². The standard InChI is InChI=1S/C10H13F2NO2S/c1-13-9(6-16(2,14)15)7-4-3-5-8(11)10(7)12/h3-5,9,13H,6H2,1-2H3. The Hall–Kier alpha value is -1.01. The average Bonchev–Trinajstić information content (AvgIpc) is 2.18. The predicted molar refractivity (Wildman–Crippen MR) is 57.9 cm³/mol. The normalized spacial score (nSPS) is 13.8. The molecular formula is C10H13F2NO2S. The lowest BCUT2D eigenvalue weighted by Gasteiger charge is -2.16. The van der Waals surface area contributed by atoms with Gasteiger partial charge in [-0.05, 0) is 13.1 Å². The first-order valence-electron chi connectivity index (χ1n) is 4.64. The molecule has 0 aliphatic carbocycles. The van der Waals surface area contributed by atoms with Gasteiger partial charge >= 0.3 is 0 Å². The zero-order valence-corrected chi connectivity index (χ0v) is 9.81. The lowest BCUT2D eigenvalue weighted by Crippen LogP contribution is -2.25. The van der Waals surface area contributed by atoms with Gasteiger partial charge in [0.25, 0.3) is 0 Å². The molecule has 0 amide bonds. The largest absolute Gasteiger partial charge is 0.312 e. The van der Waals surface area contributed by atoms with Crippen molar-refractivity contribution in [2.45, 2.75) is 6.04 Å². The third kappa shape index (κ3) is 3.24.